The minimum absolute atomic E-state index is 0. The van der Waals surface area contributed by atoms with Crippen LogP contribution >= 0.6 is 0 Å². The van der Waals surface area contributed by atoms with Crippen molar-refractivity contribution in [3.63, 3.8) is 0 Å². The molecule has 0 amide bonds. The van der Waals surface area contributed by atoms with Gasteiger partial charge in [0.2, 0.25) is 0 Å². The largest absolute Gasteiger partial charge is 0.313 e. The van der Waals surface area contributed by atoms with Crippen LogP contribution in [0.3, 0.4) is 0 Å². The monoisotopic (exact) mass is 309 g/mol. The van der Waals surface area contributed by atoms with Crippen LogP contribution in [-0.2, 0) is 17.1 Å². The Morgan fingerprint density at radius 2 is 1.11 bits per heavy atom. The van der Waals surface area contributed by atoms with Gasteiger partial charge in [-0.05, 0) is 39.8 Å². The van der Waals surface area contributed by atoms with E-state index in [1.54, 1.807) is 0 Å². The molecule has 0 aromatic heterocycles. The Morgan fingerprint density at radius 3 is 1.53 bits per heavy atom. The summed E-state index contributed by atoms with van der Waals surface area (Å²) in [5.41, 5.74) is 0. The molecule has 0 aromatic carbocycles. The third kappa shape index (κ3) is 6.56. The van der Waals surface area contributed by atoms with Crippen LogP contribution in [-0.4, -0.2) is 74.2 Å². The van der Waals surface area contributed by atoms with Gasteiger partial charge in [-0.3, -0.25) is 0 Å². The predicted octanol–water partition coefficient (Wildman–Crippen LogP) is 0.352. The van der Waals surface area contributed by atoms with Crippen LogP contribution in [0.5, 0.6) is 0 Å². The van der Waals surface area contributed by atoms with Crippen molar-refractivity contribution in [3.05, 3.63) is 0 Å². The molecule has 113 valence electrons. The van der Waals surface area contributed by atoms with Crippen molar-refractivity contribution in [2.75, 3.05) is 52.4 Å². The minimum atomic E-state index is 0. The standard InChI is InChI=1S/C14H30N4.Mn/c1-13-3-7-17-10-6-16-14(2)4-8-18(12-11-17)9-5-15-13;/h13-16H,3-12H2,1-2H3;. The first kappa shape index (κ1) is 17.4. The van der Waals surface area contributed by atoms with Crippen molar-refractivity contribution in [2.45, 2.75) is 38.8 Å². The first-order chi connectivity index (χ1) is 8.74. The fourth-order valence-corrected chi connectivity index (χ4v) is 2.85. The van der Waals surface area contributed by atoms with E-state index in [0.29, 0.717) is 12.1 Å². The van der Waals surface area contributed by atoms with Crippen LogP contribution in [0.4, 0.5) is 0 Å². The van der Waals surface area contributed by atoms with Crippen LogP contribution in [0.25, 0.3) is 0 Å². The second-order valence-electron chi connectivity index (χ2n) is 5.97. The number of fused-ring (bicyclic) bond motifs is 3. The summed E-state index contributed by atoms with van der Waals surface area (Å²) in [6, 6.07) is 1.31. The molecule has 0 spiro atoms. The average molecular weight is 309 g/mol. The molecule has 2 saturated heterocycles. The third-order valence-electron chi connectivity index (χ3n) is 4.33. The molecule has 2 rings (SSSR count). The molecule has 4 nitrogen and oxygen atoms in total. The Morgan fingerprint density at radius 1 is 0.684 bits per heavy atom. The normalized spacial score (nSPS) is 38.2. The van der Waals surface area contributed by atoms with Crippen molar-refractivity contribution in [1.82, 2.24) is 20.4 Å². The molecule has 2 fully saturated rings. The molecule has 0 aromatic rings. The van der Waals surface area contributed by atoms with Gasteiger partial charge in [0.05, 0.1) is 0 Å². The summed E-state index contributed by atoms with van der Waals surface area (Å²) in [5.74, 6) is 0. The smallest absolute Gasteiger partial charge is 0.0110 e. The summed E-state index contributed by atoms with van der Waals surface area (Å²) in [6.07, 6.45) is 2.55. The molecule has 5 heteroatoms. The van der Waals surface area contributed by atoms with Crippen molar-refractivity contribution in [3.8, 4) is 0 Å². The maximum absolute atomic E-state index is 3.65. The molecule has 4 atom stereocenters. The zero-order valence-electron chi connectivity index (χ0n) is 12.5. The maximum atomic E-state index is 3.65. The molecule has 1 radical (unpaired) electrons. The predicted molar refractivity (Wildman–Crippen MR) is 77.0 cm³/mol. The van der Waals surface area contributed by atoms with E-state index in [1.165, 1.54) is 52.1 Å². The van der Waals surface area contributed by atoms with E-state index in [1.807, 2.05) is 0 Å². The molecule has 2 N–H and O–H groups in total. The summed E-state index contributed by atoms with van der Waals surface area (Å²) in [7, 11) is 0. The van der Waals surface area contributed by atoms with E-state index < -0.39 is 0 Å². The first-order valence-electron chi connectivity index (χ1n) is 7.65. The van der Waals surface area contributed by atoms with Gasteiger partial charge in [0.15, 0.2) is 0 Å². The van der Waals surface area contributed by atoms with Crippen LogP contribution in [0.15, 0.2) is 0 Å². The molecule has 0 aliphatic carbocycles. The second-order valence-corrected chi connectivity index (χ2v) is 5.97. The number of hydrogen-bond acceptors (Lipinski definition) is 4. The van der Waals surface area contributed by atoms with Crippen LogP contribution in [0.1, 0.15) is 26.7 Å². The zero-order valence-corrected chi connectivity index (χ0v) is 13.7. The second kappa shape index (κ2) is 9.32. The Hall–Kier alpha value is 0.359. The van der Waals surface area contributed by atoms with Gasteiger partial charge < -0.3 is 20.4 Å². The van der Waals surface area contributed by atoms with Crippen LogP contribution in [0.2, 0.25) is 0 Å². The molecule has 2 bridgehead atoms. The molecule has 19 heavy (non-hydrogen) atoms. The number of hydrogen-bond donors (Lipinski definition) is 2. The summed E-state index contributed by atoms with van der Waals surface area (Å²) in [4.78, 5) is 5.25. The zero-order chi connectivity index (χ0) is 12.8. The Bertz CT molecular complexity index is 215. The number of rotatable bonds is 0. The molecule has 0 saturated carbocycles. The Balaban J connectivity index is 0.00000180. The van der Waals surface area contributed by atoms with E-state index in [9.17, 15) is 0 Å². The van der Waals surface area contributed by atoms with E-state index in [2.05, 4.69) is 34.3 Å². The van der Waals surface area contributed by atoms with Gasteiger partial charge in [-0.2, -0.15) is 0 Å². The van der Waals surface area contributed by atoms with Crippen molar-refractivity contribution < 1.29 is 17.1 Å². The fourth-order valence-electron chi connectivity index (χ4n) is 2.85. The van der Waals surface area contributed by atoms with E-state index in [0.717, 1.165) is 13.1 Å². The topological polar surface area (TPSA) is 30.5 Å². The van der Waals surface area contributed by atoms with Crippen molar-refractivity contribution in [1.29, 1.82) is 0 Å². The molecule has 2 heterocycles. The summed E-state index contributed by atoms with van der Waals surface area (Å²) >= 11 is 0. The quantitative estimate of drug-likeness (QED) is 0.632. The van der Waals surface area contributed by atoms with Gasteiger partial charge in [-0.15, -0.1) is 0 Å². The molecule has 2 aliphatic heterocycles. The number of nitrogens with zero attached hydrogens (tertiary/aromatic N) is 2. The van der Waals surface area contributed by atoms with Gasteiger partial charge in [0.1, 0.15) is 0 Å². The van der Waals surface area contributed by atoms with Gasteiger partial charge in [0, 0.05) is 68.4 Å². The van der Waals surface area contributed by atoms with E-state index >= 15 is 0 Å². The minimum Gasteiger partial charge on any atom is -0.313 e. The third-order valence-corrected chi connectivity index (χ3v) is 4.33. The van der Waals surface area contributed by atoms with Gasteiger partial charge in [-0.25, -0.2) is 0 Å². The number of nitrogens with one attached hydrogen (secondary N) is 2. The van der Waals surface area contributed by atoms with E-state index in [-0.39, 0.29) is 17.1 Å². The van der Waals surface area contributed by atoms with Crippen LogP contribution < -0.4 is 10.6 Å². The average Bonchev–Trinajstić information content (AvgIpc) is 2.37. The Labute approximate surface area is 129 Å². The SMILES string of the molecule is CC1CCN2CCNC(C)CCN(CCN1)CC2.[Mn]. The fraction of sp³-hybridized carbons (Fsp3) is 1.00. The van der Waals surface area contributed by atoms with Gasteiger partial charge >= 0.3 is 0 Å². The molecule has 4 unspecified atom stereocenters. The molecular weight excluding hydrogens is 279 g/mol. The van der Waals surface area contributed by atoms with Crippen molar-refractivity contribution in [2.24, 2.45) is 0 Å². The summed E-state index contributed by atoms with van der Waals surface area (Å²) in [6.45, 7) is 14.3. The Kier molecular flexibility index (Phi) is 8.54. The molecule has 2 aliphatic rings. The maximum Gasteiger partial charge on any atom is 0.0110 e. The van der Waals surface area contributed by atoms with E-state index in [4.69, 9.17) is 0 Å². The van der Waals surface area contributed by atoms with Gasteiger partial charge in [0.25, 0.3) is 0 Å². The molecular formula is C14H30MnN4. The van der Waals surface area contributed by atoms with Gasteiger partial charge in [-0.1, -0.05) is 0 Å². The van der Waals surface area contributed by atoms with Crippen LogP contribution in [0, 0.1) is 0 Å². The summed E-state index contributed by atoms with van der Waals surface area (Å²) < 4.78 is 0. The van der Waals surface area contributed by atoms with Crippen molar-refractivity contribution >= 4 is 0 Å². The first-order valence-corrected chi connectivity index (χ1v) is 7.65. The summed E-state index contributed by atoms with van der Waals surface area (Å²) in [5, 5.41) is 7.30.